The molecule has 4 aromatic rings. The Morgan fingerprint density at radius 2 is 1.89 bits per heavy atom. The van der Waals surface area contributed by atoms with Crippen molar-refractivity contribution in [1.82, 2.24) is 15.0 Å². The molecule has 0 aliphatic heterocycles. The molecular formula is C26H28IN3O4Si. The minimum Gasteiger partial charge on any atom is -0.465 e. The number of hydrogen-bond donors (Lipinski definition) is 1. The lowest BCUT2D eigenvalue weighted by atomic mass is 10.1. The Morgan fingerprint density at radius 3 is 2.54 bits per heavy atom. The van der Waals surface area contributed by atoms with Gasteiger partial charge in [-0.25, -0.2) is 9.78 Å². The molecule has 1 unspecified atom stereocenters. The molecule has 4 rings (SSSR count). The Hall–Kier alpha value is -2.76. The minimum absolute atomic E-state index is 0.308. The van der Waals surface area contributed by atoms with Gasteiger partial charge in [-0.1, -0.05) is 25.7 Å². The van der Waals surface area contributed by atoms with Gasteiger partial charge in [0.1, 0.15) is 22.9 Å². The van der Waals surface area contributed by atoms with E-state index in [-0.39, 0.29) is 0 Å². The van der Waals surface area contributed by atoms with Crippen molar-refractivity contribution < 1.29 is 19.0 Å². The van der Waals surface area contributed by atoms with E-state index >= 15 is 0 Å². The largest absolute Gasteiger partial charge is 0.465 e. The molecule has 2 aromatic carbocycles. The number of hydrogen-bond acceptors (Lipinski definition) is 6. The fourth-order valence-electron chi connectivity index (χ4n) is 3.48. The lowest BCUT2D eigenvalue weighted by Crippen LogP contribution is -2.23. The molecule has 1 N–H and O–H groups in total. The Balaban J connectivity index is 1.72. The molecule has 1 atom stereocenters. The van der Waals surface area contributed by atoms with E-state index in [4.69, 9.17) is 19.2 Å². The Kier molecular flexibility index (Phi) is 7.87. The number of benzene rings is 2. The third kappa shape index (κ3) is 6.47. The third-order valence-electron chi connectivity index (χ3n) is 5.39. The highest BCUT2D eigenvalue weighted by atomic mass is 127. The molecular weight excluding hydrogens is 573 g/mol. The van der Waals surface area contributed by atoms with Crippen LogP contribution in [0.4, 0.5) is 0 Å². The van der Waals surface area contributed by atoms with Crippen LogP contribution in [0.1, 0.15) is 28.0 Å². The summed E-state index contributed by atoms with van der Waals surface area (Å²) in [4.78, 5) is 25.2. The number of carbonyl (C=O) groups is 1. The van der Waals surface area contributed by atoms with Gasteiger partial charge in [0, 0.05) is 30.5 Å². The van der Waals surface area contributed by atoms with Crippen LogP contribution in [-0.2, 0) is 9.47 Å². The van der Waals surface area contributed by atoms with Crippen LogP contribution in [0.25, 0.3) is 11.0 Å². The fraction of sp³-hybridized carbons (Fsp3) is 0.269. The van der Waals surface area contributed by atoms with E-state index in [1.807, 2.05) is 42.5 Å². The number of ether oxygens (including phenoxy) is 3. The number of fused-ring (bicyclic) bond motifs is 1. The molecule has 0 radical (unpaired) electrons. The first-order valence-corrected chi connectivity index (χ1v) is 16.1. The van der Waals surface area contributed by atoms with E-state index in [9.17, 15) is 4.79 Å². The van der Waals surface area contributed by atoms with Gasteiger partial charge < -0.3 is 19.2 Å². The molecule has 182 valence electrons. The summed E-state index contributed by atoms with van der Waals surface area (Å²) in [5, 5.41) is 0. The van der Waals surface area contributed by atoms with Crippen LogP contribution in [0.2, 0.25) is 25.7 Å². The average molecular weight is 602 g/mol. The zero-order chi connectivity index (χ0) is 25.0. The molecule has 9 heteroatoms. The van der Waals surface area contributed by atoms with Crippen molar-refractivity contribution in [3.63, 3.8) is 0 Å². The molecule has 2 heterocycles. The standard InChI is InChI=1S/C26H28IN3O4Si/c1-32-26(31)19-15-21-22(16-23(19)34-18-10-8-17(27)9-11-18)30-25(29-21)24(20-7-5-6-12-28-20)33-13-14-35(2,3)4/h5-12,15-16,24H,13-14H2,1-4H3,(H,29,30). The van der Waals surface area contributed by atoms with E-state index in [0.29, 0.717) is 40.5 Å². The maximum Gasteiger partial charge on any atom is 0.341 e. The lowest BCUT2D eigenvalue weighted by molar-refractivity contribution is 0.0598. The monoisotopic (exact) mass is 601 g/mol. The smallest absolute Gasteiger partial charge is 0.341 e. The summed E-state index contributed by atoms with van der Waals surface area (Å²) in [5.74, 6) is 1.12. The number of methoxy groups -OCH3 is 1. The number of pyridine rings is 1. The van der Waals surface area contributed by atoms with Gasteiger partial charge in [-0.2, -0.15) is 0 Å². The first-order chi connectivity index (χ1) is 16.7. The number of carbonyl (C=O) groups excluding carboxylic acids is 1. The van der Waals surface area contributed by atoms with E-state index < -0.39 is 20.1 Å². The Morgan fingerprint density at radius 1 is 1.11 bits per heavy atom. The summed E-state index contributed by atoms with van der Waals surface area (Å²) in [6, 6.07) is 17.8. The highest BCUT2D eigenvalue weighted by Gasteiger charge is 2.24. The number of esters is 1. The molecule has 7 nitrogen and oxygen atoms in total. The maximum absolute atomic E-state index is 12.6. The van der Waals surface area contributed by atoms with Gasteiger partial charge in [-0.15, -0.1) is 0 Å². The molecule has 2 aromatic heterocycles. The molecule has 0 aliphatic rings. The third-order valence-corrected chi connectivity index (χ3v) is 7.81. The van der Waals surface area contributed by atoms with Crippen LogP contribution in [-0.4, -0.2) is 42.7 Å². The second-order valence-corrected chi connectivity index (χ2v) is 16.2. The van der Waals surface area contributed by atoms with Crippen molar-refractivity contribution in [2.24, 2.45) is 0 Å². The van der Waals surface area contributed by atoms with Crippen LogP contribution < -0.4 is 4.74 Å². The average Bonchev–Trinajstić information content (AvgIpc) is 3.24. The summed E-state index contributed by atoms with van der Waals surface area (Å²) in [6.45, 7) is 7.56. The second-order valence-electron chi connectivity index (χ2n) is 9.35. The number of rotatable bonds is 9. The van der Waals surface area contributed by atoms with Gasteiger partial charge in [0.25, 0.3) is 0 Å². The normalized spacial score (nSPS) is 12.5. The number of nitrogens with one attached hydrogen (secondary N) is 1. The molecule has 0 bridgehead atoms. The van der Waals surface area contributed by atoms with Crippen molar-refractivity contribution in [3.8, 4) is 11.5 Å². The zero-order valence-electron chi connectivity index (χ0n) is 20.2. The predicted molar refractivity (Wildman–Crippen MR) is 147 cm³/mol. The highest BCUT2D eigenvalue weighted by molar-refractivity contribution is 14.1. The van der Waals surface area contributed by atoms with Gasteiger partial charge >= 0.3 is 5.97 Å². The number of imidazole rings is 1. The van der Waals surface area contributed by atoms with Gasteiger partial charge in [0.2, 0.25) is 0 Å². The molecule has 0 saturated carbocycles. The number of aromatic amines is 1. The first-order valence-electron chi connectivity index (χ1n) is 11.3. The van der Waals surface area contributed by atoms with E-state index in [0.717, 1.165) is 15.3 Å². The summed E-state index contributed by atoms with van der Waals surface area (Å²) >= 11 is 2.23. The summed E-state index contributed by atoms with van der Waals surface area (Å²) in [6.07, 6.45) is 1.29. The number of nitrogens with zero attached hydrogens (tertiary/aromatic N) is 2. The van der Waals surface area contributed by atoms with Crippen molar-refractivity contribution >= 4 is 47.7 Å². The molecule has 0 saturated heterocycles. The molecule has 0 amide bonds. The van der Waals surface area contributed by atoms with Gasteiger partial charge in [0.05, 0.1) is 23.8 Å². The minimum atomic E-state index is -1.27. The fourth-order valence-corrected chi connectivity index (χ4v) is 4.57. The number of aromatic nitrogens is 3. The summed E-state index contributed by atoms with van der Waals surface area (Å²) < 4.78 is 18.5. The number of H-pyrrole nitrogens is 1. The molecule has 0 fully saturated rings. The molecule has 35 heavy (non-hydrogen) atoms. The summed E-state index contributed by atoms with van der Waals surface area (Å²) in [7, 11) is 0.0755. The highest BCUT2D eigenvalue weighted by Crippen LogP contribution is 2.32. The van der Waals surface area contributed by atoms with E-state index in [2.05, 4.69) is 52.2 Å². The van der Waals surface area contributed by atoms with Gasteiger partial charge in [-0.05, 0) is 71.1 Å². The summed E-state index contributed by atoms with van der Waals surface area (Å²) in [5.41, 5.74) is 2.42. The van der Waals surface area contributed by atoms with Gasteiger partial charge in [0.15, 0.2) is 6.10 Å². The van der Waals surface area contributed by atoms with E-state index in [1.54, 1.807) is 18.3 Å². The first kappa shape index (κ1) is 25.3. The quantitative estimate of drug-likeness (QED) is 0.132. The van der Waals surface area contributed by atoms with Crippen molar-refractivity contribution in [2.75, 3.05) is 13.7 Å². The maximum atomic E-state index is 12.6. The van der Waals surface area contributed by atoms with Crippen molar-refractivity contribution in [1.29, 1.82) is 0 Å². The van der Waals surface area contributed by atoms with Crippen molar-refractivity contribution in [2.45, 2.75) is 31.8 Å². The van der Waals surface area contributed by atoms with Crippen LogP contribution >= 0.6 is 22.6 Å². The second kappa shape index (κ2) is 10.9. The zero-order valence-corrected chi connectivity index (χ0v) is 23.3. The lowest BCUT2D eigenvalue weighted by Gasteiger charge is -2.19. The van der Waals surface area contributed by atoms with Crippen LogP contribution in [0.3, 0.4) is 0 Å². The van der Waals surface area contributed by atoms with Crippen molar-refractivity contribution in [3.05, 3.63) is 81.4 Å². The van der Waals surface area contributed by atoms with Gasteiger partial charge in [-0.3, -0.25) is 4.98 Å². The van der Waals surface area contributed by atoms with E-state index in [1.165, 1.54) is 7.11 Å². The van der Waals surface area contributed by atoms with Crippen LogP contribution in [0.15, 0.2) is 60.8 Å². The Labute approximate surface area is 219 Å². The van der Waals surface area contributed by atoms with Crippen LogP contribution in [0.5, 0.6) is 11.5 Å². The number of halogens is 1. The Bertz CT molecular complexity index is 1300. The van der Waals surface area contributed by atoms with Crippen LogP contribution in [0, 0.1) is 3.57 Å². The molecule has 0 spiro atoms. The SMILES string of the molecule is COC(=O)c1cc2[nH]c(C(OCC[Si](C)(C)C)c3ccccn3)nc2cc1Oc1ccc(I)cc1. The predicted octanol–water partition coefficient (Wildman–Crippen LogP) is 6.59. The topological polar surface area (TPSA) is 86.3 Å². The molecule has 0 aliphatic carbocycles.